The Bertz CT molecular complexity index is 504. The van der Waals surface area contributed by atoms with Crippen LogP contribution in [0.4, 0.5) is 5.82 Å². The predicted octanol–water partition coefficient (Wildman–Crippen LogP) is 1.54. The van der Waals surface area contributed by atoms with E-state index in [1.54, 1.807) is 11.1 Å². The van der Waals surface area contributed by atoms with Crippen LogP contribution < -0.4 is 9.64 Å². The van der Waals surface area contributed by atoms with Crippen molar-refractivity contribution in [2.24, 2.45) is 5.92 Å². The molecule has 108 valence electrons. The summed E-state index contributed by atoms with van der Waals surface area (Å²) in [6.45, 7) is 7.49. The fraction of sp³-hybridized carbons (Fsp3) is 0.600. The number of anilines is 1. The van der Waals surface area contributed by atoms with Crippen molar-refractivity contribution < 1.29 is 9.53 Å². The molecule has 0 unspecified atom stereocenters. The molecule has 0 bridgehead atoms. The third kappa shape index (κ3) is 2.50. The minimum atomic E-state index is 0.0131. The van der Waals surface area contributed by atoms with Crippen LogP contribution in [0.2, 0.25) is 0 Å². The van der Waals surface area contributed by atoms with Gasteiger partial charge in [0.05, 0.1) is 0 Å². The third-order valence-electron chi connectivity index (χ3n) is 4.15. The Balaban J connectivity index is 1.73. The number of hydrogen-bond acceptors (Lipinski definition) is 4. The number of pyridine rings is 1. The van der Waals surface area contributed by atoms with Crippen molar-refractivity contribution in [2.45, 2.75) is 26.3 Å². The predicted molar refractivity (Wildman–Crippen MR) is 76.9 cm³/mol. The van der Waals surface area contributed by atoms with Crippen molar-refractivity contribution in [1.82, 2.24) is 9.88 Å². The van der Waals surface area contributed by atoms with Crippen LogP contribution in [0.25, 0.3) is 0 Å². The molecule has 1 aromatic heterocycles. The number of aromatic nitrogens is 1. The lowest BCUT2D eigenvalue weighted by molar-refractivity contribution is -0.121. The fourth-order valence-electron chi connectivity index (χ4n) is 2.96. The standard InChI is InChI=1S/C15H21N3O2/c1-11(2)17-7-5-12(8-17)9-18-14(19)10-20-13-4-3-6-16-15(13)18/h3-4,6,11-12H,5,7-10H2,1-2H3/t12-/m1/s1. The van der Waals surface area contributed by atoms with E-state index in [0.29, 0.717) is 23.5 Å². The second kappa shape index (κ2) is 5.40. The smallest absolute Gasteiger partial charge is 0.266 e. The van der Waals surface area contributed by atoms with Gasteiger partial charge >= 0.3 is 0 Å². The van der Waals surface area contributed by atoms with Crippen molar-refractivity contribution in [3.63, 3.8) is 0 Å². The summed E-state index contributed by atoms with van der Waals surface area (Å²) in [7, 11) is 0. The molecule has 1 fully saturated rings. The number of carbonyl (C=O) groups is 1. The van der Waals surface area contributed by atoms with E-state index >= 15 is 0 Å². The van der Waals surface area contributed by atoms with Crippen LogP contribution in [0, 0.1) is 5.92 Å². The Kier molecular flexibility index (Phi) is 3.61. The Morgan fingerprint density at radius 2 is 2.35 bits per heavy atom. The molecule has 1 atom stereocenters. The molecule has 0 aromatic carbocycles. The van der Waals surface area contributed by atoms with E-state index in [1.165, 1.54) is 0 Å². The van der Waals surface area contributed by atoms with Crippen molar-refractivity contribution in [1.29, 1.82) is 0 Å². The number of amides is 1. The van der Waals surface area contributed by atoms with Gasteiger partial charge in [-0.25, -0.2) is 4.98 Å². The molecule has 0 aliphatic carbocycles. The van der Waals surface area contributed by atoms with Crippen molar-refractivity contribution in [3.05, 3.63) is 18.3 Å². The molecule has 0 radical (unpaired) electrons. The highest BCUT2D eigenvalue weighted by Gasteiger charge is 2.32. The first kappa shape index (κ1) is 13.4. The fourth-order valence-corrected chi connectivity index (χ4v) is 2.96. The molecule has 0 N–H and O–H groups in total. The summed E-state index contributed by atoms with van der Waals surface area (Å²) in [4.78, 5) is 20.7. The second-order valence-corrected chi connectivity index (χ2v) is 5.86. The van der Waals surface area contributed by atoms with E-state index in [9.17, 15) is 4.79 Å². The lowest BCUT2D eigenvalue weighted by Crippen LogP contribution is -2.43. The molecule has 1 amide bonds. The first-order valence-electron chi connectivity index (χ1n) is 7.27. The normalized spacial score (nSPS) is 23.1. The zero-order valence-electron chi connectivity index (χ0n) is 12.1. The van der Waals surface area contributed by atoms with E-state index in [2.05, 4.69) is 23.7 Å². The number of likely N-dealkylation sites (tertiary alicyclic amines) is 1. The minimum Gasteiger partial charge on any atom is -0.480 e. The monoisotopic (exact) mass is 275 g/mol. The summed E-state index contributed by atoms with van der Waals surface area (Å²) in [5.74, 6) is 1.92. The van der Waals surface area contributed by atoms with Crippen LogP contribution in [0.5, 0.6) is 5.75 Å². The van der Waals surface area contributed by atoms with Gasteiger partial charge < -0.3 is 9.64 Å². The largest absolute Gasteiger partial charge is 0.480 e. The molecule has 0 spiro atoms. The Labute approximate surface area is 119 Å². The quantitative estimate of drug-likeness (QED) is 0.839. The number of ether oxygens (including phenoxy) is 1. The lowest BCUT2D eigenvalue weighted by atomic mass is 10.1. The molecule has 1 saturated heterocycles. The van der Waals surface area contributed by atoms with Crippen LogP contribution in [0.3, 0.4) is 0 Å². The molecule has 3 rings (SSSR count). The SMILES string of the molecule is CC(C)N1CC[C@@H](CN2C(=O)COc3cccnc32)C1. The molecule has 5 nitrogen and oxygen atoms in total. The highest BCUT2D eigenvalue weighted by molar-refractivity contribution is 5.96. The van der Waals surface area contributed by atoms with Gasteiger partial charge in [0.1, 0.15) is 0 Å². The maximum Gasteiger partial charge on any atom is 0.266 e. The topological polar surface area (TPSA) is 45.7 Å². The van der Waals surface area contributed by atoms with Gasteiger partial charge in [0.2, 0.25) is 0 Å². The third-order valence-corrected chi connectivity index (χ3v) is 4.15. The number of fused-ring (bicyclic) bond motifs is 1. The van der Waals surface area contributed by atoms with Gasteiger partial charge in [0.15, 0.2) is 18.2 Å². The highest BCUT2D eigenvalue weighted by Crippen LogP contribution is 2.31. The number of rotatable bonds is 3. The Hall–Kier alpha value is -1.62. The number of carbonyl (C=O) groups excluding carboxylic acids is 1. The summed E-state index contributed by atoms with van der Waals surface area (Å²) < 4.78 is 5.43. The maximum absolute atomic E-state index is 12.1. The van der Waals surface area contributed by atoms with Gasteiger partial charge in [-0.2, -0.15) is 0 Å². The summed E-state index contributed by atoms with van der Waals surface area (Å²) in [5, 5.41) is 0. The zero-order valence-corrected chi connectivity index (χ0v) is 12.1. The highest BCUT2D eigenvalue weighted by atomic mass is 16.5. The van der Waals surface area contributed by atoms with E-state index in [0.717, 1.165) is 26.1 Å². The minimum absolute atomic E-state index is 0.0131. The van der Waals surface area contributed by atoms with Gasteiger partial charge in [-0.05, 0) is 44.9 Å². The van der Waals surface area contributed by atoms with E-state index < -0.39 is 0 Å². The van der Waals surface area contributed by atoms with Crippen molar-refractivity contribution >= 4 is 11.7 Å². The van der Waals surface area contributed by atoms with Gasteiger partial charge in [-0.3, -0.25) is 9.69 Å². The molecule has 1 aromatic rings. The Morgan fingerprint density at radius 1 is 1.50 bits per heavy atom. The first-order chi connectivity index (χ1) is 9.65. The van der Waals surface area contributed by atoms with E-state index in [-0.39, 0.29) is 12.5 Å². The number of nitrogens with zero attached hydrogens (tertiary/aromatic N) is 3. The van der Waals surface area contributed by atoms with Gasteiger partial charge in [0.25, 0.3) is 5.91 Å². The summed E-state index contributed by atoms with van der Waals surface area (Å²) in [6, 6.07) is 4.28. The summed E-state index contributed by atoms with van der Waals surface area (Å²) in [5.41, 5.74) is 0. The molecule has 5 heteroatoms. The zero-order chi connectivity index (χ0) is 14.1. The molecule has 0 saturated carbocycles. The van der Waals surface area contributed by atoms with Gasteiger partial charge in [-0.15, -0.1) is 0 Å². The van der Waals surface area contributed by atoms with Gasteiger partial charge in [0, 0.05) is 25.3 Å². The van der Waals surface area contributed by atoms with Crippen LogP contribution >= 0.6 is 0 Å². The van der Waals surface area contributed by atoms with Crippen LogP contribution in [-0.4, -0.2) is 48.1 Å². The first-order valence-corrected chi connectivity index (χ1v) is 7.27. The molecule has 2 aliphatic rings. The number of hydrogen-bond donors (Lipinski definition) is 0. The average Bonchev–Trinajstić information content (AvgIpc) is 2.91. The molecule has 3 heterocycles. The van der Waals surface area contributed by atoms with Crippen LogP contribution in [-0.2, 0) is 4.79 Å². The molecule has 20 heavy (non-hydrogen) atoms. The summed E-state index contributed by atoms with van der Waals surface area (Å²) in [6.07, 6.45) is 2.86. The van der Waals surface area contributed by atoms with Crippen molar-refractivity contribution in [3.8, 4) is 5.75 Å². The maximum atomic E-state index is 12.1. The second-order valence-electron chi connectivity index (χ2n) is 5.86. The van der Waals surface area contributed by atoms with Gasteiger partial charge in [-0.1, -0.05) is 0 Å². The summed E-state index contributed by atoms with van der Waals surface area (Å²) >= 11 is 0. The van der Waals surface area contributed by atoms with Crippen molar-refractivity contribution in [2.75, 3.05) is 31.1 Å². The average molecular weight is 275 g/mol. The van der Waals surface area contributed by atoms with E-state index in [1.807, 2.05) is 12.1 Å². The Morgan fingerprint density at radius 3 is 3.10 bits per heavy atom. The molecular formula is C15H21N3O2. The molecule has 2 aliphatic heterocycles. The lowest BCUT2D eigenvalue weighted by Gasteiger charge is -2.30. The van der Waals surface area contributed by atoms with E-state index in [4.69, 9.17) is 4.74 Å². The van der Waals surface area contributed by atoms with Crippen LogP contribution in [0.15, 0.2) is 18.3 Å². The van der Waals surface area contributed by atoms with Crippen LogP contribution in [0.1, 0.15) is 20.3 Å². The molecular weight excluding hydrogens is 254 g/mol.